The molecule has 0 aromatic heterocycles. The molecule has 4 heteroatoms. The number of para-hydroxylation sites is 1. The van der Waals surface area contributed by atoms with Gasteiger partial charge in [-0.1, -0.05) is 12.1 Å². The Morgan fingerprint density at radius 2 is 1.70 bits per heavy atom. The van der Waals surface area contributed by atoms with E-state index >= 15 is 0 Å². The number of nitrogens with zero attached hydrogens (tertiary/aromatic N) is 1. The van der Waals surface area contributed by atoms with Crippen LogP contribution in [0.3, 0.4) is 0 Å². The lowest BCUT2D eigenvalue weighted by molar-refractivity contribution is 0.352. The minimum absolute atomic E-state index is 0.698. The number of methoxy groups -OCH3 is 2. The Morgan fingerprint density at radius 3 is 2.35 bits per heavy atom. The molecule has 3 rings (SSSR count). The molecule has 122 valence electrons. The van der Waals surface area contributed by atoms with E-state index in [9.17, 15) is 0 Å². The third kappa shape index (κ3) is 3.52. The van der Waals surface area contributed by atoms with Gasteiger partial charge in [0.15, 0.2) is 11.5 Å². The Hall–Kier alpha value is -2.36. The van der Waals surface area contributed by atoms with Gasteiger partial charge in [0.25, 0.3) is 0 Å². The van der Waals surface area contributed by atoms with Crippen LogP contribution in [-0.4, -0.2) is 27.3 Å². The maximum Gasteiger partial charge on any atom is 0.165 e. The lowest BCUT2D eigenvalue weighted by Crippen LogP contribution is -2.17. The van der Waals surface area contributed by atoms with Gasteiger partial charge in [0, 0.05) is 36.6 Å². The van der Waals surface area contributed by atoms with Gasteiger partial charge in [0.05, 0.1) is 14.2 Å². The standard InChI is InChI=1S/C19H24N2O2/c1-22-18-7-5-6-15(19(18)23-2)14-20-16-8-10-17(11-9-16)21-12-3-4-13-21/h5-11,20H,3-4,12-14H2,1-2H3. The normalized spacial score (nSPS) is 13.9. The van der Waals surface area contributed by atoms with E-state index in [1.165, 1.54) is 31.6 Å². The first kappa shape index (κ1) is 15.5. The highest BCUT2D eigenvalue weighted by atomic mass is 16.5. The third-order valence-corrected chi connectivity index (χ3v) is 4.31. The summed E-state index contributed by atoms with van der Waals surface area (Å²) in [6.45, 7) is 3.05. The topological polar surface area (TPSA) is 33.7 Å². The summed E-state index contributed by atoms with van der Waals surface area (Å²) in [5, 5.41) is 3.45. The summed E-state index contributed by atoms with van der Waals surface area (Å²) in [4.78, 5) is 2.44. The highest BCUT2D eigenvalue weighted by Crippen LogP contribution is 2.31. The van der Waals surface area contributed by atoms with E-state index in [2.05, 4.69) is 34.5 Å². The number of hydrogen-bond acceptors (Lipinski definition) is 4. The van der Waals surface area contributed by atoms with Gasteiger partial charge in [0.1, 0.15) is 0 Å². The second-order valence-corrected chi connectivity index (χ2v) is 5.75. The van der Waals surface area contributed by atoms with Gasteiger partial charge >= 0.3 is 0 Å². The smallest absolute Gasteiger partial charge is 0.165 e. The Labute approximate surface area is 138 Å². The minimum atomic E-state index is 0.698. The van der Waals surface area contributed by atoms with Crippen LogP contribution in [0, 0.1) is 0 Å². The monoisotopic (exact) mass is 312 g/mol. The van der Waals surface area contributed by atoms with Gasteiger partial charge in [-0.2, -0.15) is 0 Å². The number of hydrogen-bond donors (Lipinski definition) is 1. The van der Waals surface area contributed by atoms with Crippen LogP contribution in [0.25, 0.3) is 0 Å². The van der Waals surface area contributed by atoms with Gasteiger partial charge in [0.2, 0.25) is 0 Å². The average Bonchev–Trinajstić information content (AvgIpc) is 3.14. The predicted octanol–water partition coefficient (Wildman–Crippen LogP) is 3.92. The fourth-order valence-corrected chi connectivity index (χ4v) is 3.06. The fraction of sp³-hybridized carbons (Fsp3) is 0.368. The lowest BCUT2D eigenvalue weighted by atomic mass is 10.1. The van der Waals surface area contributed by atoms with E-state index in [0.717, 1.165) is 22.7 Å². The highest BCUT2D eigenvalue weighted by molar-refractivity contribution is 5.56. The molecule has 0 aliphatic carbocycles. The first-order valence-corrected chi connectivity index (χ1v) is 8.10. The lowest BCUT2D eigenvalue weighted by Gasteiger charge is -2.18. The van der Waals surface area contributed by atoms with E-state index in [-0.39, 0.29) is 0 Å². The van der Waals surface area contributed by atoms with Crippen molar-refractivity contribution in [1.82, 2.24) is 0 Å². The van der Waals surface area contributed by atoms with Gasteiger partial charge in [-0.15, -0.1) is 0 Å². The molecule has 1 heterocycles. The van der Waals surface area contributed by atoms with Crippen molar-refractivity contribution < 1.29 is 9.47 Å². The Balaban J connectivity index is 1.66. The molecule has 0 bridgehead atoms. The quantitative estimate of drug-likeness (QED) is 0.876. The average molecular weight is 312 g/mol. The molecule has 23 heavy (non-hydrogen) atoms. The van der Waals surface area contributed by atoms with E-state index in [4.69, 9.17) is 9.47 Å². The SMILES string of the molecule is COc1cccc(CNc2ccc(N3CCCC3)cc2)c1OC. The molecule has 1 aliphatic heterocycles. The van der Waals surface area contributed by atoms with Gasteiger partial charge in [-0.05, 0) is 43.2 Å². The maximum absolute atomic E-state index is 5.47. The van der Waals surface area contributed by atoms with Crippen molar-refractivity contribution in [1.29, 1.82) is 0 Å². The Morgan fingerprint density at radius 1 is 0.957 bits per heavy atom. The molecular formula is C19H24N2O2. The summed E-state index contributed by atoms with van der Waals surface area (Å²) in [6, 6.07) is 14.6. The van der Waals surface area contributed by atoms with Crippen molar-refractivity contribution >= 4 is 11.4 Å². The van der Waals surface area contributed by atoms with Crippen LogP contribution in [0.5, 0.6) is 11.5 Å². The summed E-state index contributed by atoms with van der Waals surface area (Å²) >= 11 is 0. The van der Waals surface area contributed by atoms with E-state index in [1.54, 1.807) is 14.2 Å². The van der Waals surface area contributed by atoms with Crippen molar-refractivity contribution in [2.24, 2.45) is 0 Å². The van der Waals surface area contributed by atoms with Crippen molar-refractivity contribution in [3.05, 3.63) is 48.0 Å². The molecule has 0 atom stereocenters. The molecule has 1 fully saturated rings. The van der Waals surface area contributed by atoms with Gasteiger partial charge in [-0.25, -0.2) is 0 Å². The number of nitrogens with one attached hydrogen (secondary N) is 1. The summed E-state index contributed by atoms with van der Waals surface area (Å²) in [5.41, 5.74) is 3.50. The number of rotatable bonds is 6. The van der Waals surface area contributed by atoms with Crippen molar-refractivity contribution in [3.8, 4) is 11.5 Å². The van der Waals surface area contributed by atoms with Gasteiger partial charge < -0.3 is 19.7 Å². The molecule has 0 amide bonds. The van der Waals surface area contributed by atoms with Crippen LogP contribution in [-0.2, 0) is 6.54 Å². The molecule has 2 aromatic rings. The molecule has 0 unspecified atom stereocenters. The molecule has 0 radical (unpaired) electrons. The number of benzene rings is 2. The van der Waals surface area contributed by atoms with E-state index in [1.807, 2.05) is 18.2 Å². The largest absolute Gasteiger partial charge is 0.493 e. The number of ether oxygens (including phenoxy) is 2. The van der Waals surface area contributed by atoms with E-state index in [0.29, 0.717) is 6.54 Å². The van der Waals surface area contributed by atoms with Crippen LogP contribution < -0.4 is 19.7 Å². The Kier molecular flexibility index (Phi) is 4.91. The van der Waals surface area contributed by atoms with Crippen molar-refractivity contribution in [3.63, 3.8) is 0 Å². The Bertz CT molecular complexity index is 634. The number of anilines is 2. The van der Waals surface area contributed by atoms with Crippen LogP contribution in [0.15, 0.2) is 42.5 Å². The van der Waals surface area contributed by atoms with Crippen LogP contribution in [0.1, 0.15) is 18.4 Å². The molecule has 1 saturated heterocycles. The predicted molar refractivity (Wildman–Crippen MR) is 94.8 cm³/mol. The fourth-order valence-electron chi connectivity index (χ4n) is 3.06. The van der Waals surface area contributed by atoms with Gasteiger partial charge in [-0.3, -0.25) is 0 Å². The molecule has 4 nitrogen and oxygen atoms in total. The molecule has 0 spiro atoms. The minimum Gasteiger partial charge on any atom is -0.493 e. The van der Waals surface area contributed by atoms with Crippen LogP contribution >= 0.6 is 0 Å². The van der Waals surface area contributed by atoms with Crippen molar-refractivity contribution in [2.75, 3.05) is 37.5 Å². The first-order valence-electron chi connectivity index (χ1n) is 8.10. The van der Waals surface area contributed by atoms with E-state index < -0.39 is 0 Å². The summed E-state index contributed by atoms with van der Waals surface area (Å²) < 4.78 is 10.8. The maximum atomic E-state index is 5.47. The third-order valence-electron chi connectivity index (χ3n) is 4.31. The molecule has 0 saturated carbocycles. The van der Waals surface area contributed by atoms with Crippen LogP contribution in [0.2, 0.25) is 0 Å². The molecular weight excluding hydrogens is 288 g/mol. The second-order valence-electron chi connectivity index (χ2n) is 5.75. The molecule has 2 aromatic carbocycles. The summed E-state index contributed by atoms with van der Waals surface area (Å²) in [6.07, 6.45) is 2.60. The second kappa shape index (κ2) is 7.27. The summed E-state index contributed by atoms with van der Waals surface area (Å²) in [5.74, 6) is 1.55. The zero-order valence-electron chi connectivity index (χ0n) is 13.8. The highest BCUT2D eigenvalue weighted by Gasteiger charge is 2.12. The zero-order chi connectivity index (χ0) is 16.1. The van der Waals surface area contributed by atoms with Crippen LogP contribution in [0.4, 0.5) is 11.4 Å². The molecule has 1 aliphatic rings. The molecule has 1 N–H and O–H groups in total. The van der Waals surface area contributed by atoms with Crippen molar-refractivity contribution in [2.45, 2.75) is 19.4 Å². The summed E-state index contributed by atoms with van der Waals surface area (Å²) in [7, 11) is 3.33. The first-order chi connectivity index (χ1) is 11.3. The zero-order valence-corrected chi connectivity index (χ0v) is 13.8.